The van der Waals surface area contributed by atoms with Crippen LogP contribution in [0.5, 0.6) is 11.5 Å². The van der Waals surface area contributed by atoms with E-state index >= 15 is 0 Å². The molecule has 2 aliphatic rings. The first-order valence-corrected chi connectivity index (χ1v) is 10.4. The van der Waals surface area contributed by atoms with Crippen molar-refractivity contribution in [2.45, 2.75) is 12.1 Å². The van der Waals surface area contributed by atoms with Gasteiger partial charge in [-0.1, -0.05) is 41.9 Å². The molecule has 5 rings (SSSR count). The molecular formula is C24H19ClN2O5. The summed E-state index contributed by atoms with van der Waals surface area (Å²) < 4.78 is 5.26. The summed E-state index contributed by atoms with van der Waals surface area (Å²) in [6.45, 7) is 0. The third-order valence-corrected chi connectivity index (χ3v) is 5.97. The zero-order valence-corrected chi connectivity index (χ0v) is 17.8. The van der Waals surface area contributed by atoms with Crippen molar-refractivity contribution in [3.8, 4) is 11.5 Å². The number of phenolic OH excluding ortho intramolecular Hbond substituents is 1. The number of carbonyl (C=O) groups is 2. The van der Waals surface area contributed by atoms with Crippen molar-refractivity contribution < 1.29 is 24.3 Å². The second kappa shape index (κ2) is 7.85. The fraction of sp³-hybridized carbons (Fsp3) is 0.167. The van der Waals surface area contributed by atoms with E-state index in [4.69, 9.17) is 21.2 Å². The van der Waals surface area contributed by atoms with Gasteiger partial charge in [-0.2, -0.15) is 0 Å². The Morgan fingerprint density at radius 2 is 1.69 bits per heavy atom. The van der Waals surface area contributed by atoms with Gasteiger partial charge in [0, 0.05) is 5.02 Å². The number of hydrogen-bond acceptors (Lipinski definition) is 6. The molecule has 0 spiro atoms. The number of imide groups is 1. The molecule has 1 N–H and O–H groups in total. The van der Waals surface area contributed by atoms with Crippen LogP contribution in [0.2, 0.25) is 5.02 Å². The summed E-state index contributed by atoms with van der Waals surface area (Å²) in [7, 11) is 1.45. The molecular weight excluding hydrogens is 432 g/mol. The second-order valence-electron chi connectivity index (χ2n) is 7.58. The highest BCUT2D eigenvalue weighted by atomic mass is 35.5. The van der Waals surface area contributed by atoms with Gasteiger partial charge in [0.25, 0.3) is 5.91 Å². The van der Waals surface area contributed by atoms with Crippen molar-refractivity contribution in [3.63, 3.8) is 0 Å². The lowest BCUT2D eigenvalue weighted by Crippen LogP contribution is -2.37. The summed E-state index contributed by atoms with van der Waals surface area (Å²) in [4.78, 5) is 34.1. The van der Waals surface area contributed by atoms with Gasteiger partial charge in [-0.25, -0.2) is 9.96 Å². The summed E-state index contributed by atoms with van der Waals surface area (Å²) >= 11 is 6.09. The van der Waals surface area contributed by atoms with Gasteiger partial charge in [-0.3, -0.25) is 14.4 Å². The normalized spacial score (nSPS) is 22.4. The monoisotopic (exact) mass is 450 g/mol. The predicted molar refractivity (Wildman–Crippen MR) is 119 cm³/mol. The van der Waals surface area contributed by atoms with Crippen LogP contribution < -0.4 is 14.7 Å². The van der Waals surface area contributed by atoms with Crippen molar-refractivity contribution in [3.05, 3.63) is 83.4 Å². The van der Waals surface area contributed by atoms with Crippen LogP contribution >= 0.6 is 11.6 Å². The number of aromatic hydroxyl groups is 1. The van der Waals surface area contributed by atoms with Crippen molar-refractivity contribution in [1.82, 2.24) is 0 Å². The molecule has 0 radical (unpaired) electrons. The highest BCUT2D eigenvalue weighted by molar-refractivity contribution is 6.31. The zero-order chi connectivity index (χ0) is 22.4. The number of hydroxylamine groups is 1. The first kappa shape index (κ1) is 20.4. The second-order valence-corrected chi connectivity index (χ2v) is 8.02. The molecule has 2 fully saturated rings. The lowest BCUT2D eigenvalue weighted by atomic mass is 9.90. The van der Waals surface area contributed by atoms with E-state index in [1.54, 1.807) is 41.5 Å². The molecule has 162 valence electrons. The van der Waals surface area contributed by atoms with Gasteiger partial charge in [0.1, 0.15) is 5.92 Å². The van der Waals surface area contributed by atoms with Crippen LogP contribution in [0.25, 0.3) is 0 Å². The fourth-order valence-corrected chi connectivity index (χ4v) is 4.48. The molecule has 3 aromatic rings. The van der Waals surface area contributed by atoms with Crippen molar-refractivity contribution >= 4 is 34.8 Å². The van der Waals surface area contributed by atoms with E-state index in [1.165, 1.54) is 13.2 Å². The van der Waals surface area contributed by atoms with E-state index in [1.807, 2.05) is 30.3 Å². The van der Waals surface area contributed by atoms with E-state index in [9.17, 15) is 14.7 Å². The third kappa shape index (κ3) is 3.18. The van der Waals surface area contributed by atoms with Crippen LogP contribution in [-0.4, -0.2) is 30.1 Å². The minimum absolute atomic E-state index is 0.0210. The molecule has 3 aromatic carbocycles. The minimum atomic E-state index is -0.994. The molecule has 0 bridgehead atoms. The molecule has 2 saturated heterocycles. The van der Waals surface area contributed by atoms with Gasteiger partial charge in [0.05, 0.1) is 24.5 Å². The third-order valence-electron chi connectivity index (χ3n) is 5.74. The van der Waals surface area contributed by atoms with Crippen LogP contribution in [0, 0.1) is 5.92 Å². The molecule has 2 heterocycles. The molecule has 2 aliphatic heterocycles. The Hall–Kier alpha value is -3.55. The van der Waals surface area contributed by atoms with Crippen LogP contribution in [0.15, 0.2) is 72.8 Å². The molecule has 0 aliphatic carbocycles. The zero-order valence-electron chi connectivity index (χ0n) is 17.0. The molecule has 2 amide bonds. The SMILES string of the molecule is COc1cc([C@@H]2[C@@H]3C(=O)N(c4cccc(Cl)c4)C(=O)[C@H]3ON2c2ccccc2)ccc1O. The van der Waals surface area contributed by atoms with Crippen molar-refractivity contribution in [1.29, 1.82) is 0 Å². The average Bonchev–Trinajstić information content (AvgIpc) is 3.31. The van der Waals surface area contributed by atoms with Gasteiger partial charge in [-0.05, 0) is 48.0 Å². The maximum absolute atomic E-state index is 13.6. The van der Waals surface area contributed by atoms with Gasteiger partial charge in [-0.15, -0.1) is 0 Å². The number of amides is 2. The number of phenols is 1. The summed E-state index contributed by atoms with van der Waals surface area (Å²) in [5.74, 6) is -1.38. The fourth-order valence-electron chi connectivity index (χ4n) is 4.30. The number of anilines is 2. The van der Waals surface area contributed by atoms with E-state index in [0.717, 1.165) is 4.90 Å². The number of rotatable bonds is 4. The highest BCUT2D eigenvalue weighted by Gasteiger charge is 2.60. The van der Waals surface area contributed by atoms with Crippen molar-refractivity contribution in [2.24, 2.45) is 5.92 Å². The van der Waals surface area contributed by atoms with E-state index < -0.39 is 24.0 Å². The number of nitrogens with zero attached hydrogens (tertiary/aromatic N) is 2. The summed E-state index contributed by atoms with van der Waals surface area (Å²) in [5, 5.41) is 12.1. The lowest BCUT2D eigenvalue weighted by molar-refractivity contribution is -0.126. The molecule has 3 atom stereocenters. The number of hydrogen-bond donors (Lipinski definition) is 1. The summed E-state index contributed by atoms with van der Waals surface area (Å²) in [5.41, 5.74) is 1.78. The van der Waals surface area contributed by atoms with Gasteiger partial charge < -0.3 is 9.84 Å². The molecule has 8 heteroatoms. The van der Waals surface area contributed by atoms with Crippen LogP contribution in [0.4, 0.5) is 11.4 Å². The number of benzene rings is 3. The number of para-hydroxylation sites is 1. The first-order valence-electron chi connectivity index (χ1n) is 10.0. The van der Waals surface area contributed by atoms with E-state index in [2.05, 4.69) is 0 Å². The summed E-state index contributed by atoms with van der Waals surface area (Å²) in [6, 6.07) is 20.1. The van der Waals surface area contributed by atoms with Gasteiger partial charge >= 0.3 is 0 Å². The van der Waals surface area contributed by atoms with Crippen LogP contribution in [0.3, 0.4) is 0 Å². The number of halogens is 1. The number of methoxy groups -OCH3 is 1. The Labute approximate surface area is 189 Å². The predicted octanol–water partition coefficient (Wildman–Crippen LogP) is 4.11. The quantitative estimate of drug-likeness (QED) is 0.603. The molecule has 0 saturated carbocycles. The Morgan fingerprint density at radius 3 is 2.41 bits per heavy atom. The Bertz CT molecular complexity index is 1200. The van der Waals surface area contributed by atoms with E-state index in [0.29, 0.717) is 22.0 Å². The largest absolute Gasteiger partial charge is 0.504 e. The molecule has 32 heavy (non-hydrogen) atoms. The highest BCUT2D eigenvalue weighted by Crippen LogP contribution is 2.48. The van der Waals surface area contributed by atoms with Crippen molar-refractivity contribution in [2.75, 3.05) is 17.1 Å². The number of fused-ring (bicyclic) bond motifs is 1. The number of carbonyl (C=O) groups excluding carboxylic acids is 2. The van der Waals surface area contributed by atoms with E-state index in [-0.39, 0.29) is 17.4 Å². The van der Waals surface area contributed by atoms with Gasteiger partial charge in [0.15, 0.2) is 17.6 Å². The average molecular weight is 451 g/mol. The van der Waals surface area contributed by atoms with Gasteiger partial charge in [0.2, 0.25) is 5.91 Å². The standard InChI is InChI=1S/C24H19ClN2O5/c1-31-19-12-14(10-11-18(19)28)21-20-22(32-27(21)16-7-3-2-4-8-16)24(30)26(23(20)29)17-9-5-6-15(25)13-17/h2-13,20-22,28H,1H3/t20-,21+,22-/m0/s1. The molecule has 0 unspecified atom stereocenters. The topological polar surface area (TPSA) is 79.3 Å². The smallest absolute Gasteiger partial charge is 0.266 e. The maximum Gasteiger partial charge on any atom is 0.266 e. The first-order chi connectivity index (χ1) is 15.5. The Morgan fingerprint density at radius 1 is 0.938 bits per heavy atom. The Balaban J connectivity index is 1.61. The molecule has 7 nitrogen and oxygen atoms in total. The molecule has 0 aromatic heterocycles. The summed E-state index contributed by atoms with van der Waals surface area (Å²) in [6.07, 6.45) is -0.994. The Kier molecular flexibility index (Phi) is 5.00. The maximum atomic E-state index is 13.6. The van der Waals surface area contributed by atoms with Crippen LogP contribution in [-0.2, 0) is 14.4 Å². The minimum Gasteiger partial charge on any atom is -0.504 e. The lowest BCUT2D eigenvalue weighted by Gasteiger charge is -2.29. The number of ether oxygens (including phenoxy) is 1. The van der Waals surface area contributed by atoms with Crippen LogP contribution in [0.1, 0.15) is 11.6 Å².